The number of aliphatic hydroxyl groups is 1. The zero-order valence-corrected chi connectivity index (χ0v) is 37.1. The summed E-state index contributed by atoms with van der Waals surface area (Å²) in [5.41, 5.74) is 8.52. The first-order valence-corrected chi connectivity index (χ1v) is 25.2. The van der Waals surface area contributed by atoms with E-state index in [1.807, 2.05) is 48.5 Å². The van der Waals surface area contributed by atoms with E-state index in [9.17, 15) is 52.5 Å². The third-order valence-electron chi connectivity index (χ3n) is 9.23. The van der Waals surface area contributed by atoms with Gasteiger partial charge in [-0.25, -0.2) is 23.1 Å². The van der Waals surface area contributed by atoms with E-state index in [0.717, 1.165) is 26.9 Å². The average molecular weight is 980 g/mol. The van der Waals surface area contributed by atoms with Crippen molar-refractivity contribution in [2.75, 3.05) is 56.8 Å². The highest BCUT2D eigenvalue weighted by Crippen LogP contribution is 2.71. The van der Waals surface area contributed by atoms with Crippen LogP contribution in [0.5, 0.6) is 0 Å². The van der Waals surface area contributed by atoms with Gasteiger partial charge in [0.25, 0.3) is 0 Å². The van der Waals surface area contributed by atoms with Crippen molar-refractivity contribution in [3.63, 3.8) is 0 Å². The highest BCUT2D eigenvalue weighted by Gasteiger charge is 2.47. The summed E-state index contributed by atoms with van der Waals surface area (Å²) in [4.78, 5) is 69.4. The number of epoxide rings is 1. The quantitative estimate of drug-likeness (QED) is 0.0292. The largest absolute Gasteiger partial charge is 0.490 e. The molecule has 1 aromatic heterocycles. The standard InChI is InChI=1S/C35H45N5O20P4/c36-31-13-15-39(35(43)38-31)33-21-28(41)30(56-33)23-55-62(46,47)59-64(50,51)60-63(48,49)58-61(44,45)54-20-19-53-18-17-52-16-14-37-32(42)12-11-29-34(57-29)40-22-26-7-2-1-5-24(26)9-10-25-6-3-4-8-27(25)40/h1-8,13,15,28-30,33-34,41H,11-12,14,16-23H2,(H,37,42)(H,44,45)(H,46,47)(H,48,49)(H,50,51)(H2,36,38,43)/t28-,29?,30?,33?,34?/m0/s1. The summed E-state index contributed by atoms with van der Waals surface area (Å²) < 4.78 is 92.5. The van der Waals surface area contributed by atoms with E-state index in [1.165, 1.54) is 12.3 Å². The number of nitrogens with two attached hydrogens (primary N) is 1. The van der Waals surface area contributed by atoms with Crippen molar-refractivity contribution in [1.82, 2.24) is 14.9 Å². The monoisotopic (exact) mass is 979 g/mol. The summed E-state index contributed by atoms with van der Waals surface area (Å²) in [5, 5.41) is 13.0. The Morgan fingerprint density at radius 2 is 1.44 bits per heavy atom. The van der Waals surface area contributed by atoms with E-state index in [-0.39, 0.29) is 69.9 Å². The molecule has 2 fully saturated rings. The lowest BCUT2D eigenvalue weighted by atomic mass is 10.0. The van der Waals surface area contributed by atoms with Gasteiger partial charge in [0.1, 0.15) is 24.3 Å². The van der Waals surface area contributed by atoms with E-state index in [4.69, 9.17) is 24.7 Å². The van der Waals surface area contributed by atoms with Crippen LogP contribution in [0.2, 0.25) is 0 Å². The third kappa shape index (κ3) is 14.9. The van der Waals surface area contributed by atoms with Crippen LogP contribution in [0.25, 0.3) is 0 Å². The smallest absolute Gasteiger partial charge is 0.390 e. The Kier molecular flexibility index (Phi) is 16.9. The van der Waals surface area contributed by atoms with Gasteiger partial charge in [-0.1, -0.05) is 42.2 Å². The third-order valence-corrected chi connectivity index (χ3v) is 15.2. The van der Waals surface area contributed by atoms with Crippen molar-refractivity contribution >= 4 is 48.7 Å². The summed E-state index contributed by atoms with van der Waals surface area (Å²) in [6, 6.07) is 17.1. The Morgan fingerprint density at radius 3 is 2.17 bits per heavy atom. The van der Waals surface area contributed by atoms with Crippen LogP contribution in [0.15, 0.2) is 65.6 Å². The number of carbonyl (C=O) groups is 1. The fourth-order valence-corrected chi connectivity index (χ4v) is 11.3. The van der Waals surface area contributed by atoms with E-state index in [0.29, 0.717) is 13.0 Å². The van der Waals surface area contributed by atoms with Crippen molar-refractivity contribution in [2.45, 2.75) is 56.6 Å². The second-order valence-corrected chi connectivity index (χ2v) is 20.2. The van der Waals surface area contributed by atoms with Crippen LogP contribution in [0.3, 0.4) is 0 Å². The normalized spacial score (nSPS) is 24.0. The lowest BCUT2D eigenvalue weighted by Crippen LogP contribution is -2.30. The number of ether oxygens (including phenoxy) is 4. The summed E-state index contributed by atoms with van der Waals surface area (Å²) in [6.07, 6.45) is -2.44. The molecule has 0 aliphatic carbocycles. The number of nitrogens with zero attached hydrogens (tertiary/aromatic N) is 3. The van der Waals surface area contributed by atoms with Gasteiger partial charge in [0, 0.05) is 43.3 Å². The molecule has 3 aliphatic heterocycles. The minimum atomic E-state index is -6.06. The molecule has 0 spiro atoms. The summed E-state index contributed by atoms with van der Waals surface area (Å²) in [7, 11) is -23.2. The number of nitrogen functional groups attached to an aromatic ring is 1. The number of phosphoric acid groups is 4. The number of nitrogens with one attached hydrogen (secondary N) is 1. The number of hydrogen-bond acceptors (Lipinski definition) is 19. The number of aromatic nitrogens is 2. The Hall–Kier alpha value is -3.69. The Morgan fingerprint density at radius 1 is 0.812 bits per heavy atom. The molecule has 350 valence electrons. The molecule has 64 heavy (non-hydrogen) atoms. The fraction of sp³-hybridized carbons (Fsp3) is 0.457. The SMILES string of the molecule is Nc1ccn(C2C[C@H](O)C(COP(=O)(O)OP(=O)(O)OP(=O)(O)OP(=O)(O)OCCOCCOCCNC(=O)CCC3OC3N3Cc4ccccc4C#Cc4ccccc43)O2)c(=O)n1. The van der Waals surface area contributed by atoms with Crippen molar-refractivity contribution in [2.24, 2.45) is 0 Å². The summed E-state index contributed by atoms with van der Waals surface area (Å²) in [5.74, 6) is 6.25. The van der Waals surface area contributed by atoms with Crippen molar-refractivity contribution in [3.8, 4) is 11.8 Å². The van der Waals surface area contributed by atoms with Gasteiger partial charge >= 0.3 is 37.0 Å². The van der Waals surface area contributed by atoms with Crippen LogP contribution in [-0.2, 0) is 70.5 Å². The van der Waals surface area contributed by atoms with Crippen molar-refractivity contribution in [1.29, 1.82) is 0 Å². The number of carbonyl (C=O) groups excluding carboxylic acids is 1. The molecule has 6 rings (SSSR count). The summed E-state index contributed by atoms with van der Waals surface area (Å²) >= 11 is 0. The van der Waals surface area contributed by atoms with Gasteiger partial charge in [-0.2, -0.15) is 17.9 Å². The van der Waals surface area contributed by atoms with Gasteiger partial charge in [0.2, 0.25) is 5.91 Å². The summed E-state index contributed by atoms with van der Waals surface area (Å²) in [6.45, 7) is -1.05. The number of phosphoric ester groups is 2. The molecule has 2 aromatic carbocycles. The Bertz CT molecular complexity index is 2450. The highest BCUT2D eigenvalue weighted by molar-refractivity contribution is 7.69. The molecule has 9 atom stereocenters. The van der Waals surface area contributed by atoms with E-state index in [1.54, 1.807) is 0 Å². The fourth-order valence-electron chi connectivity index (χ4n) is 6.33. The van der Waals surface area contributed by atoms with E-state index < -0.39 is 68.6 Å². The minimum Gasteiger partial charge on any atom is -0.390 e. The molecule has 8 unspecified atom stereocenters. The van der Waals surface area contributed by atoms with Crippen LogP contribution in [0, 0.1) is 11.8 Å². The maximum atomic E-state index is 12.5. The minimum absolute atomic E-state index is 0.0353. The predicted molar refractivity (Wildman–Crippen MR) is 219 cm³/mol. The van der Waals surface area contributed by atoms with Crippen LogP contribution in [0.4, 0.5) is 11.5 Å². The van der Waals surface area contributed by atoms with E-state index >= 15 is 0 Å². The Labute approximate surface area is 364 Å². The molecular formula is C35H45N5O20P4. The van der Waals surface area contributed by atoms with Gasteiger partial charge in [0.05, 0.1) is 51.4 Å². The average Bonchev–Trinajstić information content (AvgIpc) is 3.88. The molecular weight excluding hydrogens is 934 g/mol. The zero-order valence-electron chi connectivity index (χ0n) is 33.5. The number of para-hydroxylation sites is 1. The maximum Gasteiger partial charge on any atom is 0.490 e. The molecule has 0 bridgehead atoms. The van der Waals surface area contributed by atoms with Crippen molar-refractivity contribution < 1.29 is 88.7 Å². The first-order chi connectivity index (χ1) is 30.3. The van der Waals surface area contributed by atoms with Crippen LogP contribution in [-0.4, -0.2) is 111 Å². The lowest BCUT2D eigenvalue weighted by molar-refractivity contribution is -0.121. The van der Waals surface area contributed by atoms with Gasteiger partial charge in [0.15, 0.2) is 6.23 Å². The zero-order chi connectivity index (χ0) is 46.1. The first kappa shape index (κ1) is 49.7. The second-order valence-electron chi connectivity index (χ2n) is 14.0. The van der Waals surface area contributed by atoms with Gasteiger partial charge in [-0.05, 0) is 36.2 Å². The second kappa shape index (κ2) is 21.7. The van der Waals surface area contributed by atoms with Gasteiger partial charge in [-0.3, -0.25) is 18.4 Å². The number of amides is 1. The van der Waals surface area contributed by atoms with Gasteiger partial charge in [-0.15, -0.1) is 0 Å². The molecule has 25 nitrogen and oxygen atoms in total. The highest BCUT2D eigenvalue weighted by atomic mass is 31.3. The number of hydrogen-bond donors (Lipinski definition) is 7. The van der Waals surface area contributed by atoms with Crippen LogP contribution in [0.1, 0.15) is 42.2 Å². The van der Waals surface area contributed by atoms with Gasteiger partial charge < -0.3 is 59.6 Å². The van der Waals surface area contributed by atoms with Crippen LogP contribution >= 0.6 is 31.3 Å². The number of anilines is 2. The topological polar surface area (TPSA) is 349 Å². The first-order valence-electron chi connectivity index (χ1n) is 19.2. The molecule has 29 heteroatoms. The molecule has 4 heterocycles. The predicted octanol–water partition coefficient (Wildman–Crippen LogP) is 2.03. The molecule has 8 N–H and O–H groups in total. The number of aliphatic hydroxyl groups excluding tert-OH is 1. The van der Waals surface area contributed by atoms with Crippen molar-refractivity contribution in [3.05, 3.63) is 88.0 Å². The molecule has 3 aliphatic rings. The Balaban J connectivity index is 0.801. The molecule has 0 radical (unpaired) electrons. The van der Waals surface area contributed by atoms with Crippen LogP contribution < -0.4 is 21.6 Å². The lowest BCUT2D eigenvalue weighted by Gasteiger charge is -2.26. The number of benzene rings is 2. The number of rotatable bonds is 24. The molecule has 1 amide bonds. The molecule has 0 saturated carbocycles. The maximum absolute atomic E-state index is 12.5. The molecule has 2 saturated heterocycles. The number of fused-ring (bicyclic) bond motifs is 2. The molecule has 3 aromatic rings. The van der Waals surface area contributed by atoms with E-state index in [2.05, 4.69) is 49.0 Å².